The number of phosphoric ester groups is 1. The molecule has 7 atom stereocenters. The van der Waals surface area contributed by atoms with E-state index >= 15 is 0 Å². The molecule has 1 saturated carbocycles. The number of rotatable bonds is 14. The van der Waals surface area contributed by atoms with Crippen molar-refractivity contribution in [1.82, 2.24) is 0 Å². The zero-order valence-electron chi connectivity index (χ0n) is 18.8. The van der Waals surface area contributed by atoms with E-state index < -0.39 is 44.4 Å². The van der Waals surface area contributed by atoms with Crippen molar-refractivity contribution in [3.8, 4) is 0 Å². The molecule has 0 aromatic carbocycles. The summed E-state index contributed by atoms with van der Waals surface area (Å²) in [6, 6.07) is 0. The maximum atomic E-state index is 10.5. The predicted octanol–water partition coefficient (Wildman–Crippen LogP) is -0.957. The Labute approximate surface area is 189 Å². The molecule has 1 rings (SSSR count). The molecule has 0 aromatic heterocycles. The summed E-state index contributed by atoms with van der Waals surface area (Å²) in [7, 11) is -5.01. The smallest absolute Gasteiger partial charge is 0.394 e. The fraction of sp³-hybridized carbons (Fsp3) is 1.00. The summed E-state index contributed by atoms with van der Waals surface area (Å²) in [5, 5.41) is 55.2. The lowest BCUT2D eigenvalue weighted by atomic mass is 9.85. The van der Waals surface area contributed by atoms with E-state index in [4.69, 9.17) is 29.5 Å². The number of hydrogen-bond acceptors (Lipinski definition) is 10. The number of unbranched alkanes of at least 4 members (excludes halogenated alkanes) is 4. The summed E-state index contributed by atoms with van der Waals surface area (Å²) in [6.07, 6.45) is -4.51. The average molecular weight is 492 g/mol. The molecule has 32 heavy (non-hydrogen) atoms. The van der Waals surface area contributed by atoms with Gasteiger partial charge in [0.1, 0.15) is 42.7 Å². The standard InChI is InChI=1S/C13H28O3.C6H13O9P/c1-3-5-7-9-15-12-13(11-14)16-10-8-6-4-2;7-1-2(8)4(10)6(5(11)3(1)9)15-16(12,13)14/h13-14H,3-12H2,1-2H3;1-11H,(H2,12,13,14)/t13-;1-,2-,3+,4-,5-,6-/m01/s1. The van der Waals surface area contributed by atoms with Crippen LogP contribution in [0.25, 0.3) is 0 Å². The van der Waals surface area contributed by atoms with E-state index in [1.54, 1.807) is 0 Å². The maximum absolute atomic E-state index is 10.5. The Morgan fingerprint density at radius 1 is 0.781 bits per heavy atom. The maximum Gasteiger partial charge on any atom is 0.470 e. The highest BCUT2D eigenvalue weighted by atomic mass is 31.2. The van der Waals surface area contributed by atoms with E-state index in [0.717, 1.165) is 26.1 Å². The molecule has 0 heterocycles. The van der Waals surface area contributed by atoms with Gasteiger partial charge in [0.05, 0.1) is 13.2 Å². The third-order valence-corrected chi connectivity index (χ3v) is 5.35. The van der Waals surface area contributed by atoms with Gasteiger partial charge < -0.3 is 49.9 Å². The van der Waals surface area contributed by atoms with Crippen molar-refractivity contribution >= 4 is 7.82 Å². The Morgan fingerprint density at radius 2 is 1.25 bits per heavy atom. The van der Waals surface area contributed by atoms with Crippen LogP contribution in [0, 0.1) is 0 Å². The van der Waals surface area contributed by atoms with Gasteiger partial charge in [-0.25, -0.2) is 4.57 Å². The minimum Gasteiger partial charge on any atom is -0.394 e. The largest absolute Gasteiger partial charge is 0.470 e. The van der Waals surface area contributed by atoms with Gasteiger partial charge in [-0.1, -0.05) is 39.5 Å². The number of aliphatic hydroxyl groups excluding tert-OH is 6. The summed E-state index contributed by atoms with van der Waals surface area (Å²) < 4.78 is 25.5. The van der Waals surface area contributed by atoms with Gasteiger partial charge in [-0.15, -0.1) is 0 Å². The highest BCUT2D eigenvalue weighted by Gasteiger charge is 2.50. The van der Waals surface area contributed by atoms with E-state index in [1.165, 1.54) is 25.7 Å². The molecule has 13 heteroatoms. The van der Waals surface area contributed by atoms with Gasteiger partial charge in [0.15, 0.2) is 0 Å². The molecule has 0 saturated heterocycles. The summed E-state index contributed by atoms with van der Waals surface area (Å²) in [5.74, 6) is 0. The molecule has 12 nitrogen and oxygen atoms in total. The highest BCUT2D eigenvalue weighted by molar-refractivity contribution is 7.46. The number of ether oxygens (including phenoxy) is 2. The second-order valence-corrected chi connectivity index (χ2v) is 8.87. The summed E-state index contributed by atoms with van der Waals surface area (Å²) >= 11 is 0. The zero-order chi connectivity index (χ0) is 24.7. The molecule has 0 aromatic rings. The Kier molecular flexibility index (Phi) is 17.1. The second-order valence-electron chi connectivity index (χ2n) is 7.68. The van der Waals surface area contributed by atoms with Crippen molar-refractivity contribution in [3.63, 3.8) is 0 Å². The molecular formula is C19H41O12P. The second kappa shape index (κ2) is 17.3. The van der Waals surface area contributed by atoms with Crippen LogP contribution >= 0.6 is 7.82 Å². The van der Waals surface area contributed by atoms with Crippen molar-refractivity contribution in [1.29, 1.82) is 0 Å². The van der Waals surface area contributed by atoms with Crippen LogP contribution in [0.4, 0.5) is 0 Å². The highest BCUT2D eigenvalue weighted by Crippen LogP contribution is 2.41. The molecular weight excluding hydrogens is 451 g/mol. The SMILES string of the molecule is CCCCCOC[C@H](CO)OCCCCC.O=P(O)(O)O[C@@H]1[C@H](O)[C@H](O)[C@@H](O)[C@H](O)[C@H]1O. The van der Waals surface area contributed by atoms with E-state index in [-0.39, 0.29) is 12.7 Å². The molecule has 0 aliphatic heterocycles. The molecule has 1 fully saturated rings. The predicted molar refractivity (Wildman–Crippen MR) is 114 cm³/mol. The minimum atomic E-state index is -5.01. The summed E-state index contributed by atoms with van der Waals surface area (Å²) in [5.41, 5.74) is 0. The van der Waals surface area contributed by atoms with Crippen LogP contribution in [0.15, 0.2) is 0 Å². The Morgan fingerprint density at radius 3 is 1.69 bits per heavy atom. The molecule has 1 aliphatic carbocycles. The first-order chi connectivity index (χ1) is 15.0. The van der Waals surface area contributed by atoms with Crippen LogP contribution in [-0.2, 0) is 18.6 Å². The quantitative estimate of drug-likeness (QED) is 0.109. The zero-order valence-corrected chi connectivity index (χ0v) is 19.7. The third kappa shape index (κ3) is 12.9. The normalized spacial score (nSPS) is 29.3. The van der Waals surface area contributed by atoms with E-state index in [1.807, 2.05) is 0 Å². The molecule has 1 aliphatic rings. The molecule has 0 spiro atoms. The van der Waals surface area contributed by atoms with Crippen molar-refractivity contribution in [2.45, 2.75) is 95.1 Å². The van der Waals surface area contributed by atoms with Gasteiger partial charge in [0.2, 0.25) is 0 Å². The van der Waals surface area contributed by atoms with Crippen molar-refractivity contribution in [2.75, 3.05) is 26.4 Å². The van der Waals surface area contributed by atoms with Gasteiger partial charge in [0, 0.05) is 13.2 Å². The first kappa shape index (κ1) is 31.8. The van der Waals surface area contributed by atoms with E-state index in [0.29, 0.717) is 6.61 Å². The van der Waals surface area contributed by atoms with Crippen LogP contribution in [0.3, 0.4) is 0 Å². The number of hydrogen-bond donors (Lipinski definition) is 8. The monoisotopic (exact) mass is 492 g/mol. The van der Waals surface area contributed by atoms with Gasteiger partial charge >= 0.3 is 7.82 Å². The van der Waals surface area contributed by atoms with Crippen LogP contribution in [0.2, 0.25) is 0 Å². The third-order valence-electron chi connectivity index (χ3n) is 4.83. The van der Waals surface area contributed by atoms with Crippen LogP contribution in [-0.4, -0.2) is 110 Å². The first-order valence-electron chi connectivity index (χ1n) is 10.9. The minimum absolute atomic E-state index is 0.0555. The lowest BCUT2D eigenvalue weighted by Crippen LogP contribution is -2.64. The summed E-state index contributed by atoms with van der Waals surface area (Å²) in [4.78, 5) is 17.0. The fourth-order valence-electron chi connectivity index (χ4n) is 2.90. The Hall–Kier alpha value is -0.210. The van der Waals surface area contributed by atoms with E-state index in [2.05, 4.69) is 18.4 Å². The van der Waals surface area contributed by atoms with Crippen molar-refractivity contribution in [3.05, 3.63) is 0 Å². The average Bonchev–Trinajstić information content (AvgIpc) is 2.75. The number of aliphatic hydroxyl groups is 6. The van der Waals surface area contributed by atoms with Crippen molar-refractivity contribution in [2.24, 2.45) is 0 Å². The topological polar surface area (TPSA) is 207 Å². The van der Waals surface area contributed by atoms with Gasteiger partial charge in [-0.3, -0.25) is 4.52 Å². The molecule has 0 radical (unpaired) electrons. The summed E-state index contributed by atoms with van der Waals surface area (Å²) in [6.45, 7) is 6.43. The molecule has 0 amide bonds. The molecule has 0 bridgehead atoms. The van der Waals surface area contributed by atoms with Gasteiger partial charge in [-0.2, -0.15) is 0 Å². The Balaban J connectivity index is 0.000000601. The molecule has 8 N–H and O–H groups in total. The van der Waals surface area contributed by atoms with Gasteiger partial charge in [0.25, 0.3) is 0 Å². The lowest BCUT2D eigenvalue weighted by Gasteiger charge is -2.41. The van der Waals surface area contributed by atoms with Gasteiger partial charge in [-0.05, 0) is 12.8 Å². The molecule has 194 valence electrons. The fourth-order valence-corrected chi connectivity index (χ4v) is 3.47. The van der Waals surface area contributed by atoms with Crippen LogP contribution in [0.1, 0.15) is 52.4 Å². The Bertz CT molecular complexity index is 489. The van der Waals surface area contributed by atoms with Crippen LogP contribution < -0.4 is 0 Å². The number of phosphoric acid groups is 1. The van der Waals surface area contributed by atoms with Crippen molar-refractivity contribution < 1.29 is 59.0 Å². The van der Waals surface area contributed by atoms with E-state index in [9.17, 15) is 25.0 Å². The van der Waals surface area contributed by atoms with Crippen LogP contribution in [0.5, 0.6) is 0 Å². The molecule has 0 unspecified atom stereocenters. The lowest BCUT2D eigenvalue weighted by molar-refractivity contribution is -0.219. The first-order valence-corrected chi connectivity index (χ1v) is 12.5.